The zero-order valence-corrected chi connectivity index (χ0v) is 39.4. The van der Waals surface area contributed by atoms with E-state index in [-0.39, 0.29) is 57.4 Å². The Morgan fingerprint density at radius 2 is 1.67 bits per heavy atom. The highest BCUT2D eigenvalue weighted by Crippen LogP contribution is 2.48. The number of ether oxygens (including phenoxy) is 6. The highest BCUT2D eigenvalue weighted by atomic mass is 31.2. The van der Waals surface area contributed by atoms with Crippen LogP contribution >= 0.6 is 7.82 Å². The Labute approximate surface area is 375 Å². The number of unbranched alkanes of at least 4 members (excludes halogenated alkanes) is 2. The number of carbonyl (C=O) groups excluding carboxylic acids is 6. The summed E-state index contributed by atoms with van der Waals surface area (Å²) in [6.45, 7) is 12.7. The number of amidine groups is 1. The molecule has 10 unspecified atom stereocenters. The molecule has 4 amide bonds. The average Bonchev–Trinajstić information content (AvgIpc) is 3.55. The summed E-state index contributed by atoms with van der Waals surface area (Å²) in [6.07, 6.45) is -3.85. The number of aliphatic hydroxyl groups is 2. The molecule has 0 aliphatic carbocycles. The Morgan fingerprint density at radius 1 is 0.984 bits per heavy atom. The molecular formula is C40H72N5O18P. The van der Waals surface area contributed by atoms with Crippen molar-refractivity contribution in [1.29, 1.82) is 0 Å². The maximum atomic E-state index is 12.8. The number of aliphatic imine (C=N–C) groups is 1. The van der Waals surface area contributed by atoms with Gasteiger partial charge in [-0.3, -0.25) is 38.3 Å². The number of hydrogen-bond donors (Lipinski definition) is 6. The number of amides is 4. The van der Waals surface area contributed by atoms with E-state index >= 15 is 0 Å². The topological polar surface area (TPSA) is 320 Å². The number of rotatable bonds is 26. The van der Waals surface area contributed by atoms with Crippen molar-refractivity contribution in [1.82, 2.24) is 15.5 Å². The molecule has 10 atom stereocenters. The normalized spacial score (nSPS) is 24.3. The monoisotopic (exact) mass is 941 g/mol. The van der Waals surface area contributed by atoms with Crippen molar-refractivity contribution in [2.75, 3.05) is 40.0 Å². The first kappa shape index (κ1) is 59.9. The minimum absolute atomic E-state index is 0.0767. The Balaban J connectivity index is 0.00000963. The molecule has 0 aromatic carbocycles. The standard InChI is InChI=1S/C36H60N5O18P.2C2H6/c1-6-26-34(32(48)35(57-26)41(5)15-13-29(37)39-21-43)59-60(50,51)54-19-25(18-42)11-7-9-14-38-30(47)12-8-10-16-52-31-17-27(58-36(49)40-22(2)44)33(55-24(4)46)28(56-31)20-53-23(3)45;2*1-2/h13,15,21,25-28,31-35,42,48H,6-12,14,16-20H2,1-5H3,(H,38,47)(H,50,51)(H2,37,39,43)(H,40,44,49);2*1-2H3/b15-13-;;. The zero-order chi connectivity index (χ0) is 48.8. The molecule has 0 aromatic rings. The van der Waals surface area contributed by atoms with Gasteiger partial charge >= 0.3 is 25.9 Å². The Morgan fingerprint density at radius 3 is 2.27 bits per heavy atom. The predicted octanol–water partition coefficient (Wildman–Crippen LogP) is 2.33. The van der Waals surface area contributed by atoms with E-state index in [0.717, 1.165) is 13.8 Å². The lowest BCUT2D eigenvalue weighted by Crippen LogP contribution is -2.55. The van der Waals surface area contributed by atoms with Crippen LogP contribution in [0.15, 0.2) is 17.3 Å². The van der Waals surface area contributed by atoms with Gasteiger partial charge in [0.2, 0.25) is 18.2 Å². The van der Waals surface area contributed by atoms with Crippen molar-refractivity contribution < 1.29 is 85.9 Å². The molecular weight excluding hydrogens is 869 g/mol. The lowest BCUT2D eigenvalue weighted by atomic mass is 10.0. The molecule has 64 heavy (non-hydrogen) atoms. The fourth-order valence-electron chi connectivity index (χ4n) is 6.09. The van der Waals surface area contributed by atoms with Gasteiger partial charge in [-0.05, 0) is 38.2 Å². The summed E-state index contributed by atoms with van der Waals surface area (Å²) in [5.41, 5.74) is 5.56. The van der Waals surface area contributed by atoms with Crippen molar-refractivity contribution in [2.24, 2.45) is 16.6 Å². The van der Waals surface area contributed by atoms with Crippen molar-refractivity contribution in [2.45, 2.75) is 156 Å². The molecule has 0 radical (unpaired) electrons. The Hall–Kier alpha value is -4.06. The lowest BCUT2D eigenvalue weighted by molar-refractivity contribution is -0.262. The number of esters is 2. The fraction of sp³-hybridized carbons (Fsp3) is 0.775. The van der Waals surface area contributed by atoms with Crippen LogP contribution in [-0.2, 0) is 66.0 Å². The summed E-state index contributed by atoms with van der Waals surface area (Å²) in [5, 5.41) is 25.5. The molecule has 2 rings (SSSR count). The first-order valence-corrected chi connectivity index (χ1v) is 23.0. The van der Waals surface area contributed by atoms with Gasteiger partial charge in [0.1, 0.15) is 36.9 Å². The van der Waals surface area contributed by atoms with Gasteiger partial charge in [-0.1, -0.05) is 41.0 Å². The summed E-state index contributed by atoms with van der Waals surface area (Å²) in [6, 6.07) is 0. The molecule has 0 spiro atoms. The minimum atomic E-state index is -4.71. The van der Waals surface area contributed by atoms with Gasteiger partial charge in [-0.15, -0.1) is 0 Å². The van der Waals surface area contributed by atoms with Crippen LogP contribution in [0.5, 0.6) is 0 Å². The quantitative estimate of drug-likeness (QED) is 0.0138. The molecule has 370 valence electrons. The van der Waals surface area contributed by atoms with Crippen molar-refractivity contribution in [3.05, 3.63) is 12.3 Å². The average molecular weight is 942 g/mol. The van der Waals surface area contributed by atoms with Gasteiger partial charge in [-0.2, -0.15) is 4.99 Å². The van der Waals surface area contributed by atoms with Crippen molar-refractivity contribution >= 4 is 49.9 Å². The molecule has 24 heteroatoms. The summed E-state index contributed by atoms with van der Waals surface area (Å²) >= 11 is 0. The van der Waals surface area contributed by atoms with Gasteiger partial charge in [0, 0.05) is 72.5 Å². The van der Waals surface area contributed by atoms with Gasteiger partial charge < -0.3 is 59.5 Å². The highest BCUT2D eigenvalue weighted by Gasteiger charge is 2.48. The lowest BCUT2D eigenvalue weighted by Gasteiger charge is -2.39. The summed E-state index contributed by atoms with van der Waals surface area (Å²) < 4.78 is 56.5. The van der Waals surface area contributed by atoms with E-state index in [4.69, 9.17) is 43.2 Å². The van der Waals surface area contributed by atoms with Crippen LogP contribution in [0.3, 0.4) is 0 Å². The maximum absolute atomic E-state index is 12.8. The third-order valence-electron chi connectivity index (χ3n) is 9.02. The first-order valence-electron chi connectivity index (χ1n) is 21.5. The fourth-order valence-corrected chi connectivity index (χ4v) is 7.11. The summed E-state index contributed by atoms with van der Waals surface area (Å²) in [5.74, 6) is -2.80. The third-order valence-corrected chi connectivity index (χ3v) is 10.0. The minimum Gasteiger partial charge on any atom is -0.463 e. The number of aliphatic hydroxyl groups excluding tert-OH is 2. The largest absolute Gasteiger partial charge is 0.472 e. The van der Waals surface area contributed by atoms with Crippen LogP contribution in [0.25, 0.3) is 0 Å². The number of carbonyl (C=O) groups is 6. The number of nitrogens with one attached hydrogen (secondary N) is 2. The van der Waals surface area contributed by atoms with Crippen molar-refractivity contribution in [3.63, 3.8) is 0 Å². The number of imide groups is 1. The van der Waals surface area contributed by atoms with Crippen LogP contribution in [0.4, 0.5) is 4.79 Å². The summed E-state index contributed by atoms with van der Waals surface area (Å²) in [7, 11) is -3.15. The Bertz CT molecular complexity index is 1520. The smallest absolute Gasteiger partial charge is 0.463 e. The first-order chi connectivity index (χ1) is 30.4. The van der Waals surface area contributed by atoms with Crippen LogP contribution in [0.1, 0.15) is 107 Å². The maximum Gasteiger partial charge on any atom is 0.472 e. The number of nitrogens with two attached hydrogens (primary N) is 1. The molecule has 7 N–H and O–H groups in total. The molecule has 2 fully saturated rings. The van der Waals surface area contributed by atoms with E-state index in [1.165, 1.54) is 24.1 Å². The van der Waals surface area contributed by atoms with E-state index in [0.29, 0.717) is 45.1 Å². The van der Waals surface area contributed by atoms with Crippen LogP contribution in [-0.4, -0.2) is 151 Å². The molecule has 2 aliphatic rings. The molecule has 0 saturated carbocycles. The second-order valence-electron chi connectivity index (χ2n) is 14.0. The van der Waals surface area contributed by atoms with Crippen LogP contribution < -0.4 is 16.4 Å². The number of likely N-dealkylation sites (N-methyl/N-ethyl adjacent to an activating group) is 1. The second kappa shape index (κ2) is 33.4. The third kappa shape index (κ3) is 24.3. The predicted molar refractivity (Wildman–Crippen MR) is 230 cm³/mol. The van der Waals surface area contributed by atoms with Gasteiger partial charge in [0.25, 0.3) is 0 Å². The number of phosphoric acid groups is 1. The second-order valence-corrected chi connectivity index (χ2v) is 15.4. The van der Waals surface area contributed by atoms with E-state index in [9.17, 15) is 48.4 Å². The number of nitrogens with zero attached hydrogens (tertiary/aromatic N) is 2. The van der Waals surface area contributed by atoms with E-state index < -0.39 is 86.8 Å². The highest BCUT2D eigenvalue weighted by molar-refractivity contribution is 7.47. The summed E-state index contributed by atoms with van der Waals surface area (Å²) in [4.78, 5) is 84.9. The number of hydrogen-bond acceptors (Lipinski definition) is 18. The molecule has 0 bridgehead atoms. The Kier molecular flexibility index (Phi) is 31.3. The molecule has 0 aromatic heterocycles. The number of phosphoric ester groups is 1. The molecule has 2 saturated heterocycles. The van der Waals surface area contributed by atoms with E-state index in [1.807, 2.05) is 33.0 Å². The molecule has 2 heterocycles. The van der Waals surface area contributed by atoms with Gasteiger partial charge in [-0.25, -0.2) is 9.36 Å². The van der Waals surface area contributed by atoms with E-state index in [1.54, 1.807) is 14.0 Å². The zero-order valence-electron chi connectivity index (χ0n) is 38.5. The molecule has 23 nitrogen and oxygen atoms in total. The SMILES string of the molecule is CC.CC.CCC1OC(N(C)/C=C\C(N)=NC=O)C(O)C1OP(=O)(O)OCC(CO)CCCCNC(=O)CCCCOC1CC(OC(=O)NC(C)=O)C(OC(C)=O)C(COC(C)=O)O1. The van der Waals surface area contributed by atoms with Crippen LogP contribution in [0.2, 0.25) is 0 Å². The number of alkyl carbamates (subject to hydrolysis) is 1. The van der Waals surface area contributed by atoms with Crippen molar-refractivity contribution in [3.8, 4) is 0 Å². The van der Waals surface area contributed by atoms with Crippen LogP contribution in [0, 0.1) is 5.92 Å². The van der Waals surface area contributed by atoms with E-state index in [2.05, 4.69) is 10.3 Å². The van der Waals surface area contributed by atoms with Gasteiger partial charge in [0.05, 0.1) is 12.7 Å². The van der Waals surface area contributed by atoms with Gasteiger partial charge in [0.15, 0.2) is 18.6 Å². The molecule has 2 aliphatic heterocycles.